The molecular weight excluding hydrogens is 359 g/mol. The van der Waals surface area contributed by atoms with E-state index in [0.717, 1.165) is 44.2 Å². The second-order valence-corrected chi connectivity index (χ2v) is 7.39. The van der Waals surface area contributed by atoms with Crippen molar-refractivity contribution in [2.75, 3.05) is 67.2 Å². The molecule has 1 fully saturated rings. The van der Waals surface area contributed by atoms with Gasteiger partial charge in [-0.3, -0.25) is 4.99 Å². The first-order valence-corrected chi connectivity index (χ1v) is 10.1. The number of rotatable bonds is 10. The summed E-state index contributed by atoms with van der Waals surface area (Å²) in [5, 5.41) is 3.41. The summed E-state index contributed by atoms with van der Waals surface area (Å²) in [6, 6.07) is 6.80. The van der Waals surface area contributed by atoms with Crippen LogP contribution in [0.3, 0.4) is 0 Å². The first-order valence-electron chi connectivity index (χ1n) is 10.1. The highest BCUT2D eigenvalue weighted by atomic mass is 19.1. The zero-order valence-electron chi connectivity index (χ0n) is 17.7. The lowest BCUT2D eigenvalue weighted by Gasteiger charge is -2.26. The second kappa shape index (κ2) is 12.0. The second-order valence-electron chi connectivity index (χ2n) is 7.39. The van der Waals surface area contributed by atoms with E-state index in [1.165, 1.54) is 12.1 Å². The molecule has 28 heavy (non-hydrogen) atoms. The Balaban J connectivity index is 1.97. The number of halogens is 1. The van der Waals surface area contributed by atoms with Crippen molar-refractivity contribution in [1.82, 2.24) is 15.1 Å². The van der Waals surface area contributed by atoms with Crippen molar-refractivity contribution in [2.24, 2.45) is 10.9 Å². The standard InChI is InChI=1S/C21H35FN4O2/c1-5-23-21(26-11-10-17(15-26)16-28-13-12-27-4)24-14-20(25(2)3)18-6-8-19(22)9-7-18/h6-9,17,20H,5,10-16H2,1-4H3,(H,23,24). The molecular formula is C21H35FN4O2. The molecule has 0 saturated carbocycles. The maximum absolute atomic E-state index is 13.3. The van der Waals surface area contributed by atoms with Crippen LogP contribution in [0.2, 0.25) is 0 Å². The molecule has 6 nitrogen and oxygen atoms in total. The van der Waals surface area contributed by atoms with Crippen LogP contribution in [0.15, 0.2) is 29.3 Å². The Morgan fingerprint density at radius 2 is 2.07 bits per heavy atom. The van der Waals surface area contributed by atoms with Crippen molar-refractivity contribution in [3.8, 4) is 0 Å². The number of aliphatic imine (C=N–C) groups is 1. The normalized spacial score (nSPS) is 18.7. The molecule has 0 radical (unpaired) electrons. The van der Waals surface area contributed by atoms with Crippen molar-refractivity contribution in [3.05, 3.63) is 35.6 Å². The van der Waals surface area contributed by atoms with E-state index in [2.05, 4.69) is 22.0 Å². The summed E-state index contributed by atoms with van der Waals surface area (Å²) in [6.07, 6.45) is 1.10. The van der Waals surface area contributed by atoms with E-state index < -0.39 is 0 Å². The minimum absolute atomic E-state index is 0.102. The minimum Gasteiger partial charge on any atom is -0.382 e. The Kier molecular flexibility index (Phi) is 9.67. The number of methoxy groups -OCH3 is 1. The van der Waals surface area contributed by atoms with Crippen molar-refractivity contribution in [1.29, 1.82) is 0 Å². The van der Waals surface area contributed by atoms with Gasteiger partial charge in [-0.05, 0) is 45.1 Å². The largest absolute Gasteiger partial charge is 0.382 e. The van der Waals surface area contributed by atoms with Crippen molar-refractivity contribution in [3.63, 3.8) is 0 Å². The number of hydrogen-bond donors (Lipinski definition) is 1. The lowest BCUT2D eigenvalue weighted by atomic mass is 10.1. The van der Waals surface area contributed by atoms with Crippen LogP contribution < -0.4 is 5.32 Å². The lowest BCUT2D eigenvalue weighted by molar-refractivity contribution is 0.0536. The van der Waals surface area contributed by atoms with Gasteiger partial charge in [0, 0.05) is 32.7 Å². The maximum atomic E-state index is 13.3. The molecule has 0 bridgehead atoms. The first-order chi connectivity index (χ1) is 13.5. The van der Waals surface area contributed by atoms with E-state index in [-0.39, 0.29) is 11.9 Å². The van der Waals surface area contributed by atoms with Gasteiger partial charge in [0.15, 0.2) is 5.96 Å². The number of guanidine groups is 1. The number of nitrogens with zero attached hydrogens (tertiary/aromatic N) is 3. The molecule has 0 amide bonds. The summed E-state index contributed by atoms with van der Waals surface area (Å²) in [7, 11) is 5.74. The molecule has 2 unspecified atom stereocenters. The van der Waals surface area contributed by atoms with Crippen LogP contribution in [-0.2, 0) is 9.47 Å². The zero-order valence-corrected chi connectivity index (χ0v) is 17.7. The van der Waals surface area contributed by atoms with E-state index in [9.17, 15) is 4.39 Å². The summed E-state index contributed by atoms with van der Waals surface area (Å²) < 4.78 is 24.0. The molecule has 1 heterocycles. The number of benzene rings is 1. The summed E-state index contributed by atoms with van der Waals surface area (Å²) in [5.41, 5.74) is 1.07. The molecule has 158 valence electrons. The molecule has 0 aromatic heterocycles. The molecule has 7 heteroatoms. The van der Waals surface area contributed by atoms with Crippen molar-refractivity contribution in [2.45, 2.75) is 19.4 Å². The van der Waals surface area contributed by atoms with Gasteiger partial charge < -0.3 is 24.6 Å². The van der Waals surface area contributed by atoms with Gasteiger partial charge in [0.05, 0.1) is 32.4 Å². The highest BCUT2D eigenvalue weighted by Gasteiger charge is 2.25. The fourth-order valence-electron chi connectivity index (χ4n) is 3.40. The molecule has 1 aliphatic rings. The summed E-state index contributed by atoms with van der Waals surface area (Å²) in [6.45, 7) is 7.49. The van der Waals surface area contributed by atoms with Gasteiger partial charge in [-0.1, -0.05) is 12.1 Å². The van der Waals surface area contributed by atoms with Crippen LogP contribution in [0, 0.1) is 11.7 Å². The average Bonchev–Trinajstić information content (AvgIpc) is 3.14. The van der Waals surface area contributed by atoms with Crippen LogP contribution >= 0.6 is 0 Å². The van der Waals surface area contributed by atoms with E-state index >= 15 is 0 Å². The predicted molar refractivity (Wildman–Crippen MR) is 111 cm³/mol. The molecule has 1 N–H and O–H groups in total. The molecule has 2 atom stereocenters. The van der Waals surface area contributed by atoms with Crippen LogP contribution in [0.5, 0.6) is 0 Å². The van der Waals surface area contributed by atoms with Crippen LogP contribution in [0.4, 0.5) is 4.39 Å². The van der Waals surface area contributed by atoms with Gasteiger partial charge in [-0.25, -0.2) is 4.39 Å². The predicted octanol–water partition coefficient (Wildman–Crippen LogP) is 2.38. The van der Waals surface area contributed by atoms with Crippen molar-refractivity contribution >= 4 is 5.96 Å². The van der Waals surface area contributed by atoms with Crippen LogP contribution in [-0.4, -0.2) is 83.0 Å². The Hall–Kier alpha value is -1.70. The SMILES string of the molecule is CCNC(=NCC(c1ccc(F)cc1)N(C)C)N1CCC(COCCOC)C1. The van der Waals surface area contributed by atoms with Gasteiger partial charge in [0.25, 0.3) is 0 Å². The maximum Gasteiger partial charge on any atom is 0.193 e. The average molecular weight is 395 g/mol. The Morgan fingerprint density at radius 1 is 1.32 bits per heavy atom. The fraction of sp³-hybridized carbons (Fsp3) is 0.667. The molecule has 1 aromatic rings. The Bertz CT molecular complexity index is 595. The fourth-order valence-corrected chi connectivity index (χ4v) is 3.40. The lowest BCUT2D eigenvalue weighted by Crippen LogP contribution is -2.41. The van der Waals surface area contributed by atoms with Gasteiger partial charge in [-0.15, -0.1) is 0 Å². The smallest absolute Gasteiger partial charge is 0.193 e. The number of likely N-dealkylation sites (N-methyl/N-ethyl adjacent to an activating group) is 1. The highest BCUT2D eigenvalue weighted by molar-refractivity contribution is 5.80. The van der Waals surface area contributed by atoms with Gasteiger partial charge in [-0.2, -0.15) is 0 Å². The third kappa shape index (κ3) is 7.04. The van der Waals surface area contributed by atoms with E-state index in [1.54, 1.807) is 7.11 Å². The van der Waals surface area contributed by atoms with E-state index in [1.807, 2.05) is 26.2 Å². The summed E-state index contributed by atoms with van der Waals surface area (Å²) in [5.74, 6) is 1.24. The third-order valence-corrected chi connectivity index (χ3v) is 5.00. The van der Waals surface area contributed by atoms with E-state index in [0.29, 0.717) is 25.7 Å². The summed E-state index contributed by atoms with van der Waals surface area (Å²) in [4.78, 5) is 9.33. The van der Waals surface area contributed by atoms with Crippen LogP contribution in [0.1, 0.15) is 24.9 Å². The van der Waals surface area contributed by atoms with Gasteiger partial charge in [0.2, 0.25) is 0 Å². The number of ether oxygens (including phenoxy) is 2. The monoisotopic (exact) mass is 394 g/mol. The zero-order chi connectivity index (χ0) is 20.4. The topological polar surface area (TPSA) is 49.3 Å². The quantitative estimate of drug-likeness (QED) is 0.375. The van der Waals surface area contributed by atoms with Crippen molar-refractivity contribution < 1.29 is 13.9 Å². The molecule has 1 saturated heterocycles. The molecule has 0 spiro atoms. The van der Waals surface area contributed by atoms with Gasteiger partial charge >= 0.3 is 0 Å². The van der Waals surface area contributed by atoms with E-state index in [4.69, 9.17) is 14.5 Å². The molecule has 1 aromatic carbocycles. The number of nitrogens with one attached hydrogen (secondary N) is 1. The summed E-state index contributed by atoms with van der Waals surface area (Å²) >= 11 is 0. The van der Waals surface area contributed by atoms with Crippen LogP contribution in [0.25, 0.3) is 0 Å². The molecule has 1 aliphatic heterocycles. The molecule has 0 aliphatic carbocycles. The minimum atomic E-state index is -0.214. The third-order valence-electron chi connectivity index (χ3n) is 5.00. The number of hydrogen-bond acceptors (Lipinski definition) is 4. The molecule has 2 rings (SSSR count). The highest BCUT2D eigenvalue weighted by Crippen LogP contribution is 2.20. The Labute approximate surface area is 168 Å². The Morgan fingerprint density at radius 3 is 2.71 bits per heavy atom. The first kappa shape index (κ1) is 22.6. The van der Waals surface area contributed by atoms with Gasteiger partial charge in [0.1, 0.15) is 5.82 Å². The number of likely N-dealkylation sites (tertiary alicyclic amines) is 1.